The molecule has 1 aromatic carbocycles. The number of nitrogens with one attached hydrogen (secondary N) is 2. The number of hydrogen-bond acceptors (Lipinski definition) is 3. The molecule has 21 heavy (non-hydrogen) atoms. The van der Waals surface area contributed by atoms with Crippen LogP contribution in [-0.4, -0.2) is 43.0 Å². The highest BCUT2D eigenvalue weighted by molar-refractivity contribution is 9.10. The number of anilines is 1. The molecule has 1 amide bonds. The van der Waals surface area contributed by atoms with Crippen LogP contribution < -0.4 is 10.6 Å². The van der Waals surface area contributed by atoms with E-state index in [1.54, 1.807) is 0 Å². The van der Waals surface area contributed by atoms with E-state index >= 15 is 0 Å². The number of hydrogen-bond donors (Lipinski definition) is 2. The quantitative estimate of drug-likeness (QED) is 0.802. The van der Waals surface area contributed by atoms with E-state index in [4.69, 9.17) is 0 Å². The molecule has 1 heterocycles. The van der Waals surface area contributed by atoms with Crippen LogP contribution in [0.3, 0.4) is 0 Å². The van der Waals surface area contributed by atoms with Gasteiger partial charge in [-0.15, -0.1) is 12.4 Å². The maximum absolute atomic E-state index is 12.2. The predicted octanol–water partition coefficient (Wildman–Crippen LogP) is 2.88. The van der Waals surface area contributed by atoms with Crippen LogP contribution >= 0.6 is 28.3 Å². The molecule has 1 aliphatic rings. The Morgan fingerprint density at radius 2 is 2.14 bits per heavy atom. The first-order chi connectivity index (χ1) is 9.69. The Bertz CT molecular complexity index is 435. The fourth-order valence-corrected chi connectivity index (χ4v) is 2.81. The summed E-state index contributed by atoms with van der Waals surface area (Å²) in [5, 5.41) is 6.32. The molecule has 0 radical (unpaired) electrons. The van der Waals surface area contributed by atoms with Crippen molar-refractivity contribution in [2.75, 3.05) is 31.5 Å². The lowest BCUT2D eigenvalue weighted by atomic mass is 10.2. The number of halogens is 2. The average Bonchev–Trinajstić information content (AvgIpc) is 2.95. The Morgan fingerprint density at radius 3 is 2.71 bits per heavy atom. The molecular formula is C15H23BrClN3O. The summed E-state index contributed by atoms with van der Waals surface area (Å²) in [5.41, 5.74) is 0.846. The summed E-state index contributed by atoms with van der Waals surface area (Å²) < 4.78 is 1.01. The molecule has 1 unspecified atom stereocenters. The van der Waals surface area contributed by atoms with Crippen molar-refractivity contribution in [3.8, 4) is 0 Å². The van der Waals surface area contributed by atoms with Crippen molar-refractivity contribution < 1.29 is 4.79 Å². The Hall–Kier alpha value is -0.620. The van der Waals surface area contributed by atoms with Gasteiger partial charge in [-0.25, -0.2) is 0 Å². The van der Waals surface area contributed by atoms with Gasteiger partial charge in [-0.2, -0.15) is 0 Å². The van der Waals surface area contributed by atoms with E-state index in [1.165, 1.54) is 0 Å². The summed E-state index contributed by atoms with van der Waals surface area (Å²) >= 11 is 3.39. The second-order valence-electron chi connectivity index (χ2n) is 5.17. The Balaban J connectivity index is 0.00000220. The van der Waals surface area contributed by atoms with E-state index in [2.05, 4.69) is 38.4 Å². The van der Waals surface area contributed by atoms with Gasteiger partial charge in [0.25, 0.3) is 0 Å². The Morgan fingerprint density at radius 1 is 1.43 bits per heavy atom. The molecule has 0 aliphatic carbocycles. The molecule has 2 rings (SSSR count). The summed E-state index contributed by atoms with van der Waals surface area (Å²) in [5.74, 6) is 0.0627. The zero-order chi connectivity index (χ0) is 14.4. The van der Waals surface area contributed by atoms with E-state index in [-0.39, 0.29) is 18.3 Å². The van der Waals surface area contributed by atoms with Crippen LogP contribution in [0.15, 0.2) is 28.7 Å². The van der Waals surface area contributed by atoms with Gasteiger partial charge in [-0.05, 0) is 50.2 Å². The lowest BCUT2D eigenvalue weighted by Gasteiger charge is -2.27. The second kappa shape index (κ2) is 9.41. The molecule has 2 N–H and O–H groups in total. The van der Waals surface area contributed by atoms with Crippen LogP contribution in [0.5, 0.6) is 0 Å². The van der Waals surface area contributed by atoms with Crippen LogP contribution in [0.1, 0.15) is 19.8 Å². The number of rotatable bonds is 6. The largest absolute Gasteiger partial charge is 0.325 e. The maximum Gasteiger partial charge on any atom is 0.238 e. The molecule has 0 bridgehead atoms. The van der Waals surface area contributed by atoms with E-state index in [9.17, 15) is 4.79 Å². The summed E-state index contributed by atoms with van der Waals surface area (Å²) in [7, 11) is 0. The van der Waals surface area contributed by atoms with Gasteiger partial charge < -0.3 is 10.6 Å². The molecule has 1 fully saturated rings. The zero-order valence-electron chi connectivity index (χ0n) is 12.3. The van der Waals surface area contributed by atoms with Gasteiger partial charge in [0, 0.05) is 22.7 Å². The molecule has 118 valence electrons. The highest BCUT2D eigenvalue weighted by Gasteiger charge is 2.23. The number of carbonyl (C=O) groups excluding carboxylic acids is 1. The molecule has 0 saturated carbocycles. The molecule has 1 aliphatic heterocycles. The molecule has 1 saturated heterocycles. The Kier molecular flexibility index (Phi) is 8.26. The summed E-state index contributed by atoms with van der Waals surface area (Å²) in [4.78, 5) is 14.4. The van der Waals surface area contributed by atoms with Crippen molar-refractivity contribution in [1.82, 2.24) is 10.2 Å². The maximum atomic E-state index is 12.2. The smallest absolute Gasteiger partial charge is 0.238 e. The zero-order valence-corrected chi connectivity index (χ0v) is 14.7. The van der Waals surface area contributed by atoms with Gasteiger partial charge in [0.2, 0.25) is 5.91 Å². The number of nitrogens with zero attached hydrogens (tertiary/aromatic N) is 1. The van der Waals surface area contributed by atoms with Crippen molar-refractivity contribution >= 4 is 39.9 Å². The highest BCUT2D eigenvalue weighted by Crippen LogP contribution is 2.14. The first-order valence-electron chi connectivity index (χ1n) is 7.19. The second-order valence-corrected chi connectivity index (χ2v) is 6.09. The van der Waals surface area contributed by atoms with Gasteiger partial charge in [0.1, 0.15) is 0 Å². The van der Waals surface area contributed by atoms with Gasteiger partial charge in [-0.1, -0.05) is 22.9 Å². The minimum absolute atomic E-state index is 0. The first-order valence-corrected chi connectivity index (χ1v) is 7.98. The molecule has 0 aromatic heterocycles. The minimum Gasteiger partial charge on any atom is -0.325 e. The molecule has 0 spiro atoms. The summed E-state index contributed by atoms with van der Waals surface area (Å²) in [6, 6.07) is 8.17. The van der Waals surface area contributed by atoms with Crippen LogP contribution in [0.2, 0.25) is 0 Å². The summed E-state index contributed by atoms with van der Waals surface area (Å²) in [6.45, 7) is 5.64. The normalized spacial score (nSPS) is 17.6. The lowest BCUT2D eigenvalue weighted by molar-refractivity contribution is -0.117. The predicted molar refractivity (Wildman–Crippen MR) is 93.2 cm³/mol. The van der Waals surface area contributed by atoms with Crippen molar-refractivity contribution in [2.24, 2.45) is 0 Å². The molecule has 6 heteroatoms. The standard InChI is InChI=1S/C15H22BrN3O.ClH/c1-2-9-19(14-7-8-17-10-14)11-15(20)18-13-5-3-12(16)4-6-13;/h3-6,14,17H,2,7-11H2,1H3,(H,18,20);1H. The highest BCUT2D eigenvalue weighted by atomic mass is 79.9. The first kappa shape index (κ1) is 18.4. The molecule has 1 aromatic rings. The molecule has 1 atom stereocenters. The van der Waals surface area contributed by atoms with Crippen molar-refractivity contribution in [3.05, 3.63) is 28.7 Å². The average molecular weight is 377 g/mol. The van der Waals surface area contributed by atoms with Crippen LogP contribution in [0.25, 0.3) is 0 Å². The number of benzene rings is 1. The fourth-order valence-electron chi connectivity index (χ4n) is 2.55. The SMILES string of the molecule is CCCN(CC(=O)Nc1ccc(Br)cc1)C1CCNC1.Cl. The number of carbonyl (C=O) groups is 1. The van der Waals surface area contributed by atoms with Gasteiger partial charge in [0.15, 0.2) is 0 Å². The van der Waals surface area contributed by atoms with Gasteiger partial charge >= 0.3 is 0 Å². The van der Waals surface area contributed by atoms with Gasteiger partial charge in [0.05, 0.1) is 6.54 Å². The van der Waals surface area contributed by atoms with Crippen LogP contribution in [-0.2, 0) is 4.79 Å². The van der Waals surface area contributed by atoms with E-state index in [0.717, 1.165) is 42.6 Å². The third-order valence-corrected chi connectivity index (χ3v) is 4.06. The lowest BCUT2D eigenvalue weighted by Crippen LogP contribution is -2.42. The third kappa shape index (κ3) is 5.94. The molecule has 4 nitrogen and oxygen atoms in total. The van der Waals surface area contributed by atoms with Crippen LogP contribution in [0.4, 0.5) is 5.69 Å². The topological polar surface area (TPSA) is 44.4 Å². The Labute approximate surface area is 141 Å². The van der Waals surface area contributed by atoms with E-state index in [1.807, 2.05) is 24.3 Å². The summed E-state index contributed by atoms with van der Waals surface area (Å²) in [6.07, 6.45) is 2.20. The third-order valence-electron chi connectivity index (χ3n) is 3.54. The fraction of sp³-hybridized carbons (Fsp3) is 0.533. The van der Waals surface area contributed by atoms with Gasteiger partial charge in [-0.3, -0.25) is 9.69 Å². The molecular weight excluding hydrogens is 354 g/mol. The minimum atomic E-state index is 0. The van der Waals surface area contributed by atoms with E-state index in [0.29, 0.717) is 12.6 Å². The number of amides is 1. The van der Waals surface area contributed by atoms with Crippen molar-refractivity contribution in [2.45, 2.75) is 25.8 Å². The van der Waals surface area contributed by atoms with Crippen molar-refractivity contribution in [3.63, 3.8) is 0 Å². The van der Waals surface area contributed by atoms with Crippen molar-refractivity contribution in [1.29, 1.82) is 0 Å². The monoisotopic (exact) mass is 375 g/mol. The van der Waals surface area contributed by atoms with Crippen LogP contribution in [0, 0.1) is 0 Å². The van der Waals surface area contributed by atoms with E-state index < -0.39 is 0 Å².